The van der Waals surface area contributed by atoms with Gasteiger partial charge in [-0.3, -0.25) is 9.69 Å². The quantitative estimate of drug-likeness (QED) is 0.750. The second-order valence-electron chi connectivity index (χ2n) is 8.08. The lowest BCUT2D eigenvalue weighted by Crippen LogP contribution is -2.44. The zero-order valence-corrected chi connectivity index (χ0v) is 17.7. The van der Waals surface area contributed by atoms with Gasteiger partial charge in [-0.25, -0.2) is 4.39 Å². The largest absolute Gasteiger partial charge is 0.369 e. The summed E-state index contributed by atoms with van der Waals surface area (Å²) in [7, 11) is 0. The third kappa shape index (κ3) is 5.80. The number of rotatable bonds is 7. The Morgan fingerprint density at radius 2 is 1.72 bits per heavy atom. The average Bonchev–Trinajstić information content (AvgIpc) is 2.72. The molecular weight excluding hydrogens is 365 g/mol. The van der Waals surface area contributed by atoms with Crippen molar-refractivity contribution in [1.82, 2.24) is 10.2 Å². The van der Waals surface area contributed by atoms with Crippen LogP contribution in [-0.4, -0.2) is 42.5 Å². The second kappa shape index (κ2) is 9.88. The summed E-state index contributed by atoms with van der Waals surface area (Å²) in [5, 5.41) is 3.18. The lowest BCUT2D eigenvalue weighted by Gasteiger charge is -2.32. The summed E-state index contributed by atoms with van der Waals surface area (Å²) in [6, 6.07) is 15.2. The highest BCUT2D eigenvalue weighted by molar-refractivity contribution is 5.94. The molecule has 2 aromatic rings. The van der Waals surface area contributed by atoms with E-state index in [0.717, 1.165) is 50.3 Å². The number of anilines is 1. The fraction of sp³-hybridized carbons (Fsp3) is 0.458. The number of piperidine rings is 1. The fourth-order valence-corrected chi connectivity index (χ4v) is 4.00. The lowest BCUT2D eigenvalue weighted by molar-refractivity contribution is 0.0909. The number of likely N-dealkylation sites (tertiary alicyclic amines) is 1. The van der Waals surface area contributed by atoms with Crippen molar-refractivity contribution >= 4 is 11.6 Å². The highest BCUT2D eigenvalue weighted by Gasteiger charge is 2.21. The summed E-state index contributed by atoms with van der Waals surface area (Å²) in [5.74, 6) is -0.198. The Kier molecular flexibility index (Phi) is 7.26. The molecule has 5 heteroatoms. The third-order valence-electron chi connectivity index (χ3n) is 5.67. The van der Waals surface area contributed by atoms with Crippen molar-refractivity contribution in [2.75, 3.05) is 24.5 Å². The molecule has 1 saturated heterocycles. The van der Waals surface area contributed by atoms with Gasteiger partial charge in [0.25, 0.3) is 5.91 Å². The highest BCUT2D eigenvalue weighted by Crippen LogP contribution is 2.19. The van der Waals surface area contributed by atoms with Crippen LogP contribution in [0.1, 0.15) is 49.5 Å². The van der Waals surface area contributed by atoms with Crippen LogP contribution in [0.5, 0.6) is 0 Å². The SMILES string of the molecule is CCN(c1ccc(C(=O)NC2CCN(Cc3ccc(F)cc3)CC2)cc1)C(C)C. The molecular formula is C24H32FN3O. The zero-order valence-electron chi connectivity index (χ0n) is 17.7. The van der Waals surface area contributed by atoms with Crippen molar-refractivity contribution in [2.45, 2.75) is 52.2 Å². The van der Waals surface area contributed by atoms with Gasteiger partial charge < -0.3 is 10.2 Å². The summed E-state index contributed by atoms with van der Waals surface area (Å²) < 4.78 is 13.0. The van der Waals surface area contributed by atoms with Gasteiger partial charge in [0.2, 0.25) is 0 Å². The van der Waals surface area contributed by atoms with E-state index in [0.29, 0.717) is 11.6 Å². The maximum Gasteiger partial charge on any atom is 0.251 e. The van der Waals surface area contributed by atoms with Crippen molar-refractivity contribution in [2.24, 2.45) is 0 Å². The Morgan fingerprint density at radius 3 is 2.28 bits per heavy atom. The minimum Gasteiger partial charge on any atom is -0.369 e. The Morgan fingerprint density at radius 1 is 1.10 bits per heavy atom. The number of carbonyl (C=O) groups excluding carboxylic acids is 1. The molecule has 29 heavy (non-hydrogen) atoms. The molecule has 1 amide bonds. The van der Waals surface area contributed by atoms with E-state index in [-0.39, 0.29) is 17.8 Å². The maximum atomic E-state index is 13.0. The Labute approximate surface area is 173 Å². The van der Waals surface area contributed by atoms with Crippen LogP contribution >= 0.6 is 0 Å². The monoisotopic (exact) mass is 397 g/mol. The zero-order chi connectivity index (χ0) is 20.8. The van der Waals surface area contributed by atoms with Crippen LogP contribution in [0.4, 0.5) is 10.1 Å². The molecule has 1 N–H and O–H groups in total. The van der Waals surface area contributed by atoms with Crippen molar-refractivity contribution in [3.05, 3.63) is 65.5 Å². The van der Waals surface area contributed by atoms with Crippen LogP contribution in [0.3, 0.4) is 0 Å². The molecule has 0 spiro atoms. The second-order valence-corrected chi connectivity index (χ2v) is 8.08. The van der Waals surface area contributed by atoms with E-state index in [1.807, 2.05) is 36.4 Å². The normalized spacial score (nSPS) is 15.5. The van der Waals surface area contributed by atoms with Gasteiger partial charge in [0, 0.05) is 49.5 Å². The Hall–Kier alpha value is -2.40. The number of nitrogens with one attached hydrogen (secondary N) is 1. The van der Waals surface area contributed by atoms with Gasteiger partial charge in [0.05, 0.1) is 0 Å². The van der Waals surface area contributed by atoms with Gasteiger partial charge >= 0.3 is 0 Å². The van der Waals surface area contributed by atoms with Crippen molar-refractivity contribution in [1.29, 1.82) is 0 Å². The van der Waals surface area contributed by atoms with Crippen LogP contribution in [0.15, 0.2) is 48.5 Å². The van der Waals surface area contributed by atoms with E-state index in [4.69, 9.17) is 0 Å². The summed E-state index contributed by atoms with van der Waals surface area (Å²) in [6.45, 7) is 10.1. The summed E-state index contributed by atoms with van der Waals surface area (Å²) >= 11 is 0. The van der Waals surface area contributed by atoms with E-state index in [1.165, 1.54) is 12.1 Å². The number of nitrogens with zero attached hydrogens (tertiary/aromatic N) is 2. The summed E-state index contributed by atoms with van der Waals surface area (Å²) in [6.07, 6.45) is 1.87. The van der Waals surface area contributed by atoms with Crippen LogP contribution < -0.4 is 10.2 Å². The molecule has 1 aliphatic rings. The molecule has 0 saturated carbocycles. The first-order chi connectivity index (χ1) is 14.0. The number of hydrogen-bond acceptors (Lipinski definition) is 3. The van der Waals surface area contributed by atoms with Crippen LogP contribution in [-0.2, 0) is 6.54 Å². The number of benzene rings is 2. The van der Waals surface area contributed by atoms with Crippen molar-refractivity contribution in [3.8, 4) is 0 Å². The molecule has 1 heterocycles. The fourth-order valence-electron chi connectivity index (χ4n) is 4.00. The summed E-state index contributed by atoms with van der Waals surface area (Å²) in [5.41, 5.74) is 2.98. The third-order valence-corrected chi connectivity index (χ3v) is 5.67. The topological polar surface area (TPSA) is 35.6 Å². The first kappa shape index (κ1) is 21.3. The van der Waals surface area contributed by atoms with Crippen molar-refractivity contribution in [3.63, 3.8) is 0 Å². The van der Waals surface area contributed by atoms with Gasteiger partial charge in [-0.2, -0.15) is 0 Å². The molecule has 1 aliphatic heterocycles. The van der Waals surface area contributed by atoms with E-state index in [9.17, 15) is 9.18 Å². The van der Waals surface area contributed by atoms with Gasteiger partial charge in [-0.05, 0) is 75.6 Å². The van der Waals surface area contributed by atoms with Gasteiger partial charge in [-0.15, -0.1) is 0 Å². The first-order valence-corrected chi connectivity index (χ1v) is 10.6. The smallest absolute Gasteiger partial charge is 0.251 e. The lowest BCUT2D eigenvalue weighted by atomic mass is 10.0. The molecule has 2 aromatic carbocycles. The van der Waals surface area contributed by atoms with Gasteiger partial charge in [0.1, 0.15) is 5.82 Å². The number of halogens is 1. The molecule has 4 nitrogen and oxygen atoms in total. The van der Waals surface area contributed by atoms with Gasteiger partial charge in [0.15, 0.2) is 0 Å². The molecule has 0 bridgehead atoms. The molecule has 0 atom stereocenters. The predicted octanol–water partition coefficient (Wildman–Crippen LogP) is 4.45. The van der Waals surface area contributed by atoms with Crippen LogP contribution in [0, 0.1) is 5.82 Å². The molecule has 0 radical (unpaired) electrons. The molecule has 1 fully saturated rings. The average molecular weight is 398 g/mol. The molecule has 0 aliphatic carbocycles. The van der Waals surface area contributed by atoms with Gasteiger partial charge in [-0.1, -0.05) is 12.1 Å². The van der Waals surface area contributed by atoms with E-state index in [1.54, 1.807) is 0 Å². The number of carbonyl (C=O) groups is 1. The molecule has 3 rings (SSSR count). The van der Waals surface area contributed by atoms with E-state index in [2.05, 4.69) is 35.9 Å². The van der Waals surface area contributed by atoms with Crippen LogP contribution in [0.25, 0.3) is 0 Å². The van der Waals surface area contributed by atoms with E-state index >= 15 is 0 Å². The van der Waals surface area contributed by atoms with Crippen LogP contribution in [0.2, 0.25) is 0 Å². The summed E-state index contributed by atoms with van der Waals surface area (Å²) in [4.78, 5) is 17.3. The standard InChI is InChI=1S/C24H32FN3O/c1-4-28(18(2)3)23-11-7-20(8-12-23)24(29)26-22-13-15-27(16-14-22)17-19-5-9-21(25)10-6-19/h5-12,18,22H,4,13-17H2,1-3H3,(H,26,29). The minimum absolute atomic E-state index is 0.00105. The molecule has 0 aromatic heterocycles. The Bertz CT molecular complexity index is 781. The first-order valence-electron chi connectivity index (χ1n) is 10.6. The number of hydrogen-bond donors (Lipinski definition) is 1. The van der Waals surface area contributed by atoms with E-state index < -0.39 is 0 Å². The predicted molar refractivity (Wildman–Crippen MR) is 117 cm³/mol. The Balaban J connectivity index is 1.48. The maximum absolute atomic E-state index is 13.0. The number of amides is 1. The highest BCUT2D eigenvalue weighted by atomic mass is 19.1. The molecule has 156 valence electrons. The minimum atomic E-state index is -0.199. The molecule has 0 unspecified atom stereocenters. The van der Waals surface area contributed by atoms with Crippen molar-refractivity contribution < 1.29 is 9.18 Å².